The summed E-state index contributed by atoms with van der Waals surface area (Å²) in [6, 6.07) is 1.31. The van der Waals surface area contributed by atoms with Crippen molar-refractivity contribution in [2.75, 3.05) is 0 Å². The van der Waals surface area contributed by atoms with E-state index in [-0.39, 0.29) is 17.2 Å². The minimum absolute atomic E-state index is 0.206. The molecule has 0 fully saturated rings. The predicted octanol–water partition coefficient (Wildman–Crippen LogP) is 6.06. The van der Waals surface area contributed by atoms with Crippen molar-refractivity contribution < 1.29 is 24.2 Å². The number of unbranched alkanes of at least 4 members (excludes halogenated alkanes) is 3. The van der Waals surface area contributed by atoms with E-state index in [0.717, 1.165) is 18.4 Å². The Kier molecular flexibility index (Phi) is 11.8. The van der Waals surface area contributed by atoms with E-state index in [1.54, 1.807) is 19.1 Å². The Bertz CT molecular complexity index is 923. The fraction of sp³-hybridized carbons (Fsp3) is 0.480. The fourth-order valence-electron chi connectivity index (χ4n) is 3.11. The number of allylic oxidation sites excluding steroid dienone is 5. The normalized spacial score (nSPS) is 13.4. The molecule has 0 spiro atoms. The summed E-state index contributed by atoms with van der Waals surface area (Å²) in [7, 11) is 0. The zero-order chi connectivity index (χ0) is 24.1. The summed E-state index contributed by atoms with van der Waals surface area (Å²) in [4.78, 5) is 35.5. The van der Waals surface area contributed by atoms with E-state index in [1.807, 2.05) is 19.9 Å². The minimum atomic E-state index is -1.15. The van der Waals surface area contributed by atoms with Gasteiger partial charge in [-0.25, -0.2) is 9.59 Å². The maximum atomic E-state index is 12.7. The van der Waals surface area contributed by atoms with E-state index in [1.165, 1.54) is 31.5 Å². The molecule has 0 aliphatic rings. The first-order valence-electron chi connectivity index (χ1n) is 11.1. The summed E-state index contributed by atoms with van der Waals surface area (Å²) in [6.07, 6.45) is 12.1. The molecule has 0 aliphatic heterocycles. The van der Waals surface area contributed by atoms with Crippen LogP contribution in [0.4, 0.5) is 4.79 Å². The van der Waals surface area contributed by atoms with Gasteiger partial charge < -0.3 is 14.6 Å². The standard InChI is InChI=1S/C25H35NO6/c1-5-6-7-8-11-17(2)13-14-19(4)23(28)22-20(27)16-21(32-24(22)29)18(3)12-9-10-15-26-25(30)31/h10,13-16,18,26-27H,5-9,11-12H2,1-4H3,(H,30,31)/b15-10+,17-13+,19-14+. The fourth-order valence-corrected chi connectivity index (χ4v) is 3.11. The van der Waals surface area contributed by atoms with E-state index in [4.69, 9.17) is 9.52 Å². The Hall–Kier alpha value is -3.09. The van der Waals surface area contributed by atoms with E-state index in [2.05, 4.69) is 12.2 Å². The molecule has 0 aromatic carbocycles. The van der Waals surface area contributed by atoms with Crippen LogP contribution in [0.15, 0.2) is 50.9 Å². The zero-order valence-electron chi connectivity index (χ0n) is 19.4. The number of carboxylic acid groups (broad SMARTS) is 1. The number of rotatable bonds is 13. The van der Waals surface area contributed by atoms with Gasteiger partial charge in [-0.15, -0.1) is 0 Å². The van der Waals surface area contributed by atoms with E-state index < -0.39 is 23.3 Å². The average Bonchev–Trinajstić information content (AvgIpc) is 2.73. The molecule has 1 heterocycles. The van der Waals surface area contributed by atoms with Crippen LogP contribution in [0.3, 0.4) is 0 Å². The SMILES string of the molecule is CCCCCC/C(C)=C/C=C(\C)C(=O)c1c(O)cc(C(C)CC/C=C/NC(=O)O)oc1=O. The van der Waals surface area contributed by atoms with Crippen LogP contribution in [0.2, 0.25) is 0 Å². The van der Waals surface area contributed by atoms with Crippen molar-refractivity contribution in [3.05, 3.63) is 63.4 Å². The van der Waals surface area contributed by atoms with Crippen molar-refractivity contribution in [1.82, 2.24) is 5.32 Å². The second-order valence-electron chi connectivity index (χ2n) is 8.03. The number of aromatic hydroxyl groups is 1. The lowest BCUT2D eigenvalue weighted by Gasteiger charge is -2.11. The molecule has 0 radical (unpaired) electrons. The third-order valence-corrected chi connectivity index (χ3v) is 5.15. The number of Topliss-reactive ketones (excluding diaryl/α,β-unsaturated/α-hetero) is 1. The monoisotopic (exact) mass is 445 g/mol. The lowest BCUT2D eigenvalue weighted by molar-refractivity contribution is 0.102. The maximum absolute atomic E-state index is 12.7. The highest BCUT2D eigenvalue weighted by Crippen LogP contribution is 2.26. The van der Waals surface area contributed by atoms with Crippen LogP contribution in [-0.2, 0) is 0 Å². The van der Waals surface area contributed by atoms with Gasteiger partial charge in [0.1, 0.15) is 17.1 Å². The Morgan fingerprint density at radius 3 is 2.53 bits per heavy atom. The molecule has 1 rings (SSSR count). The van der Waals surface area contributed by atoms with Gasteiger partial charge >= 0.3 is 11.7 Å². The zero-order valence-corrected chi connectivity index (χ0v) is 19.4. The van der Waals surface area contributed by atoms with Crippen molar-refractivity contribution in [3.63, 3.8) is 0 Å². The lowest BCUT2D eigenvalue weighted by Crippen LogP contribution is -2.16. The molecule has 7 nitrogen and oxygen atoms in total. The third kappa shape index (κ3) is 9.37. The Morgan fingerprint density at radius 1 is 1.19 bits per heavy atom. The molecular weight excluding hydrogens is 410 g/mol. The summed E-state index contributed by atoms with van der Waals surface area (Å²) in [5.41, 5.74) is 0.265. The highest BCUT2D eigenvalue weighted by Gasteiger charge is 2.21. The molecule has 3 N–H and O–H groups in total. The molecular formula is C25H35NO6. The summed E-state index contributed by atoms with van der Waals surface area (Å²) in [5, 5.41) is 21.0. The van der Waals surface area contributed by atoms with Crippen LogP contribution in [0.5, 0.6) is 5.75 Å². The number of carbonyl (C=O) groups is 2. The Balaban J connectivity index is 2.84. The van der Waals surface area contributed by atoms with Crippen LogP contribution in [0.1, 0.15) is 94.7 Å². The molecule has 0 saturated carbocycles. The van der Waals surface area contributed by atoms with Crippen molar-refractivity contribution >= 4 is 11.9 Å². The summed E-state index contributed by atoms with van der Waals surface area (Å²) < 4.78 is 5.31. The summed E-state index contributed by atoms with van der Waals surface area (Å²) in [6.45, 7) is 7.60. The molecule has 7 heteroatoms. The number of hydrogen-bond acceptors (Lipinski definition) is 5. The topological polar surface area (TPSA) is 117 Å². The van der Waals surface area contributed by atoms with Gasteiger partial charge in [-0.1, -0.05) is 56.9 Å². The van der Waals surface area contributed by atoms with Gasteiger partial charge in [0.15, 0.2) is 5.78 Å². The van der Waals surface area contributed by atoms with Crippen LogP contribution in [0.25, 0.3) is 0 Å². The predicted molar refractivity (Wildman–Crippen MR) is 125 cm³/mol. The minimum Gasteiger partial charge on any atom is -0.507 e. The largest absolute Gasteiger partial charge is 0.507 e. The number of nitrogens with one attached hydrogen (secondary N) is 1. The molecule has 0 aliphatic carbocycles. The van der Waals surface area contributed by atoms with Gasteiger partial charge in [0, 0.05) is 18.2 Å². The Labute approximate surface area is 189 Å². The lowest BCUT2D eigenvalue weighted by atomic mass is 9.99. The highest BCUT2D eigenvalue weighted by molar-refractivity contribution is 6.09. The molecule has 1 unspecified atom stereocenters. The molecule has 0 bridgehead atoms. The van der Waals surface area contributed by atoms with Crippen molar-refractivity contribution in [2.24, 2.45) is 0 Å². The van der Waals surface area contributed by atoms with Crippen LogP contribution in [0, 0.1) is 0 Å². The van der Waals surface area contributed by atoms with Gasteiger partial charge in [0.05, 0.1) is 0 Å². The molecule has 1 aromatic heterocycles. The van der Waals surface area contributed by atoms with Crippen molar-refractivity contribution in [2.45, 2.75) is 78.6 Å². The van der Waals surface area contributed by atoms with Crippen LogP contribution >= 0.6 is 0 Å². The molecule has 1 atom stereocenters. The van der Waals surface area contributed by atoms with Gasteiger partial charge in [0.25, 0.3) is 0 Å². The van der Waals surface area contributed by atoms with Crippen LogP contribution in [-0.4, -0.2) is 22.1 Å². The van der Waals surface area contributed by atoms with Crippen molar-refractivity contribution in [1.29, 1.82) is 0 Å². The molecule has 1 aromatic rings. The van der Waals surface area contributed by atoms with E-state index in [0.29, 0.717) is 18.4 Å². The summed E-state index contributed by atoms with van der Waals surface area (Å²) >= 11 is 0. The van der Waals surface area contributed by atoms with Crippen molar-refractivity contribution in [3.8, 4) is 5.75 Å². The maximum Gasteiger partial charge on any atom is 0.408 e. The first kappa shape index (κ1) is 26.9. The third-order valence-electron chi connectivity index (χ3n) is 5.15. The first-order chi connectivity index (χ1) is 15.2. The number of amides is 1. The van der Waals surface area contributed by atoms with Crippen LogP contribution < -0.4 is 10.9 Å². The quantitative estimate of drug-likeness (QED) is 0.147. The Morgan fingerprint density at radius 2 is 1.91 bits per heavy atom. The smallest absolute Gasteiger partial charge is 0.408 e. The van der Waals surface area contributed by atoms with Gasteiger partial charge in [-0.05, 0) is 45.1 Å². The molecule has 176 valence electrons. The molecule has 32 heavy (non-hydrogen) atoms. The average molecular weight is 446 g/mol. The molecule has 1 amide bonds. The second-order valence-corrected chi connectivity index (χ2v) is 8.03. The number of hydrogen-bond donors (Lipinski definition) is 3. The second kappa shape index (κ2) is 14.1. The van der Waals surface area contributed by atoms with Gasteiger partial charge in [0.2, 0.25) is 0 Å². The number of carbonyl (C=O) groups excluding carboxylic acids is 1. The number of ketones is 1. The van der Waals surface area contributed by atoms with E-state index >= 15 is 0 Å². The summed E-state index contributed by atoms with van der Waals surface area (Å²) in [5.74, 6) is -0.896. The van der Waals surface area contributed by atoms with E-state index in [9.17, 15) is 19.5 Å². The van der Waals surface area contributed by atoms with Gasteiger partial charge in [-0.3, -0.25) is 10.1 Å². The molecule has 0 saturated heterocycles. The first-order valence-corrected chi connectivity index (χ1v) is 11.1. The highest BCUT2D eigenvalue weighted by atomic mass is 16.4. The van der Waals surface area contributed by atoms with Gasteiger partial charge in [-0.2, -0.15) is 0 Å².